The van der Waals surface area contributed by atoms with Gasteiger partial charge in [0, 0.05) is 24.3 Å². The van der Waals surface area contributed by atoms with Crippen LogP contribution in [0.1, 0.15) is 25.7 Å². The summed E-state index contributed by atoms with van der Waals surface area (Å²) in [7, 11) is 0. The SMILES string of the molecule is Oc1ccc(NC2CCN3CCCCC23)cc1. The molecule has 2 heterocycles. The van der Waals surface area contributed by atoms with Gasteiger partial charge in [-0.3, -0.25) is 4.90 Å². The third-order valence-corrected chi connectivity index (χ3v) is 4.08. The van der Waals surface area contributed by atoms with Crippen molar-refractivity contribution in [2.45, 2.75) is 37.8 Å². The first-order valence-corrected chi connectivity index (χ1v) is 6.62. The molecule has 17 heavy (non-hydrogen) atoms. The quantitative estimate of drug-likeness (QED) is 0.769. The number of phenolic OH excluding ortho intramolecular Hbond substituents is 1. The predicted molar refractivity (Wildman–Crippen MR) is 69.3 cm³/mol. The number of nitrogens with one attached hydrogen (secondary N) is 1. The third-order valence-electron chi connectivity index (χ3n) is 4.08. The molecule has 0 saturated carbocycles. The van der Waals surface area contributed by atoms with Crippen molar-refractivity contribution in [2.75, 3.05) is 18.4 Å². The molecule has 0 amide bonds. The number of fused-ring (bicyclic) bond motifs is 1. The van der Waals surface area contributed by atoms with Crippen molar-refractivity contribution >= 4 is 5.69 Å². The van der Waals surface area contributed by atoms with Crippen LogP contribution in [0.3, 0.4) is 0 Å². The highest BCUT2D eigenvalue weighted by molar-refractivity contribution is 5.47. The molecular formula is C14H20N2O. The van der Waals surface area contributed by atoms with E-state index in [1.807, 2.05) is 12.1 Å². The fraction of sp³-hybridized carbons (Fsp3) is 0.571. The lowest BCUT2D eigenvalue weighted by Crippen LogP contribution is -2.41. The van der Waals surface area contributed by atoms with E-state index in [1.54, 1.807) is 12.1 Å². The summed E-state index contributed by atoms with van der Waals surface area (Å²) in [6.45, 7) is 2.51. The molecule has 0 spiro atoms. The number of aromatic hydroxyl groups is 1. The van der Waals surface area contributed by atoms with Gasteiger partial charge in [0.15, 0.2) is 0 Å². The van der Waals surface area contributed by atoms with Crippen LogP contribution < -0.4 is 5.32 Å². The van der Waals surface area contributed by atoms with Crippen molar-refractivity contribution in [1.29, 1.82) is 0 Å². The summed E-state index contributed by atoms with van der Waals surface area (Å²) >= 11 is 0. The van der Waals surface area contributed by atoms with Gasteiger partial charge in [0.1, 0.15) is 5.75 Å². The van der Waals surface area contributed by atoms with Crippen molar-refractivity contribution < 1.29 is 5.11 Å². The second kappa shape index (κ2) is 4.57. The molecule has 2 aliphatic rings. The monoisotopic (exact) mass is 232 g/mol. The molecule has 2 aliphatic heterocycles. The summed E-state index contributed by atoms with van der Waals surface area (Å²) in [5, 5.41) is 12.9. The first-order chi connectivity index (χ1) is 8.33. The highest BCUT2D eigenvalue weighted by atomic mass is 16.3. The van der Waals surface area contributed by atoms with Crippen LogP contribution in [-0.4, -0.2) is 35.2 Å². The number of phenols is 1. The van der Waals surface area contributed by atoms with Crippen LogP contribution in [0.15, 0.2) is 24.3 Å². The summed E-state index contributed by atoms with van der Waals surface area (Å²) < 4.78 is 0. The van der Waals surface area contributed by atoms with Crippen LogP contribution in [0, 0.1) is 0 Å². The Morgan fingerprint density at radius 2 is 1.88 bits per heavy atom. The molecule has 2 atom stereocenters. The molecule has 0 aliphatic carbocycles. The van der Waals surface area contributed by atoms with Crippen molar-refractivity contribution in [3.8, 4) is 5.75 Å². The molecule has 0 bridgehead atoms. The van der Waals surface area contributed by atoms with Crippen molar-refractivity contribution in [3.63, 3.8) is 0 Å². The highest BCUT2D eigenvalue weighted by Crippen LogP contribution is 2.29. The molecule has 3 heteroatoms. The normalized spacial score (nSPS) is 28.9. The molecular weight excluding hydrogens is 212 g/mol. The van der Waals surface area contributed by atoms with Crippen LogP contribution in [0.2, 0.25) is 0 Å². The largest absolute Gasteiger partial charge is 0.508 e. The van der Waals surface area contributed by atoms with E-state index < -0.39 is 0 Å². The first kappa shape index (κ1) is 10.9. The Morgan fingerprint density at radius 3 is 2.71 bits per heavy atom. The van der Waals surface area contributed by atoms with Crippen molar-refractivity contribution in [1.82, 2.24) is 4.90 Å². The van der Waals surface area contributed by atoms with Gasteiger partial charge < -0.3 is 10.4 Å². The van der Waals surface area contributed by atoms with Gasteiger partial charge in [0.25, 0.3) is 0 Å². The van der Waals surface area contributed by atoms with E-state index in [0.717, 1.165) is 11.7 Å². The Bertz CT molecular complexity index is 376. The summed E-state index contributed by atoms with van der Waals surface area (Å²) in [4.78, 5) is 2.63. The lowest BCUT2D eigenvalue weighted by Gasteiger charge is -2.32. The summed E-state index contributed by atoms with van der Waals surface area (Å²) in [5.74, 6) is 0.335. The van der Waals surface area contributed by atoms with Gasteiger partial charge in [-0.25, -0.2) is 0 Å². The number of hydrogen-bond donors (Lipinski definition) is 2. The Labute approximate surface area is 102 Å². The summed E-state index contributed by atoms with van der Waals surface area (Å²) in [5.41, 5.74) is 1.13. The zero-order chi connectivity index (χ0) is 11.7. The smallest absolute Gasteiger partial charge is 0.115 e. The van der Waals surface area contributed by atoms with Gasteiger partial charge >= 0.3 is 0 Å². The average Bonchev–Trinajstić information content (AvgIpc) is 2.76. The molecule has 0 aromatic heterocycles. The Hall–Kier alpha value is -1.22. The zero-order valence-electron chi connectivity index (χ0n) is 10.1. The van der Waals surface area contributed by atoms with E-state index in [-0.39, 0.29) is 0 Å². The first-order valence-electron chi connectivity index (χ1n) is 6.62. The number of benzene rings is 1. The Morgan fingerprint density at radius 1 is 1.06 bits per heavy atom. The summed E-state index contributed by atoms with van der Waals surface area (Å²) in [6.07, 6.45) is 5.30. The van der Waals surface area contributed by atoms with Gasteiger partial charge in [-0.2, -0.15) is 0 Å². The molecule has 92 valence electrons. The maximum atomic E-state index is 9.27. The molecule has 3 rings (SSSR count). The molecule has 2 fully saturated rings. The van der Waals surface area contributed by atoms with Crippen LogP contribution in [0.4, 0.5) is 5.69 Å². The number of hydrogen-bond acceptors (Lipinski definition) is 3. The minimum atomic E-state index is 0.335. The predicted octanol–water partition coefficient (Wildman–Crippen LogP) is 2.43. The standard InChI is InChI=1S/C14H20N2O/c17-12-6-4-11(5-7-12)15-13-8-10-16-9-2-1-3-14(13)16/h4-7,13-15,17H,1-3,8-10H2. The van der Waals surface area contributed by atoms with E-state index in [1.165, 1.54) is 38.8 Å². The van der Waals surface area contributed by atoms with E-state index >= 15 is 0 Å². The molecule has 2 unspecified atom stereocenters. The van der Waals surface area contributed by atoms with E-state index in [9.17, 15) is 5.11 Å². The van der Waals surface area contributed by atoms with Gasteiger partial charge in [-0.15, -0.1) is 0 Å². The number of anilines is 1. The second-order valence-electron chi connectivity index (χ2n) is 5.19. The average molecular weight is 232 g/mol. The minimum absolute atomic E-state index is 0.335. The molecule has 3 nitrogen and oxygen atoms in total. The Kier molecular flexibility index (Phi) is 2.93. The maximum absolute atomic E-state index is 9.27. The minimum Gasteiger partial charge on any atom is -0.508 e. The fourth-order valence-electron chi connectivity index (χ4n) is 3.19. The van der Waals surface area contributed by atoms with Gasteiger partial charge in [-0.1, -0.05) is 6.42 Å². The fourth-order valence-corrected chi connectivity index (χ4v) is 3.19. The molecule has 1 aromatic rings. The Balaban J connectivity index is 1.67. The molecule has 1 aromatic carbocycles. The zero-order valence-corrected chi connectivity index (χ0v) is 10.1. The van der Waals surface area contributed by atoms with Gasteiger partial charge in [-0.05, 0) is 50.1 Å². The van der Waals surface area contributed by atoms with Crippen LogP contribution in [-0.2, 0) is 0 Å². The lowest BCUT2D eigenvalue weighted by atomic mass is 9.99. The van der Waals surface area contributed by atoms with Crippen molar-refractivity contribution in [2.24, 2.45) is 0 Å². The molecule has 2 N–H and O–H groups in total. The second-order valence-corrected chi connectivity index (χ2v) is 5.19. The summed E-state index contributed by atoms with van der Waals surface area (Å²) in [6, 6.07) is 8.71. The van der Waals surface area contributed by atoms with Crippen LogP contribution in [0.25, 0.3) is 0 Å². The topological polar surface area (TPSA) is 35.5 Å². The van der Waals surface area contributed by atoms with E-state index in [4.69, 9.17) is 0 Å². The number of rotatable bonds is 2. The van der Waals surface area contributed by atoms with E-state index in [2.05, 4.69) is 10.2 Å². The van der Waals surface area contributed by atoms with Gasteiger partial charge in [0.05, 0.1) is 0 Å². The maximum Gasteiger partial charge on any atom is 0.115 e. The molecule has 0 radical (unpaired) electrons. The van der Waals surface area contributed by atoms with Gasteiger partial charge in [0.2, 0.25) is 0 Å². The van der Waals surface area contributed by atoms with Crippen LogP contribution in [0.5, 0.6) is 5.75 Å². The van der Waals surface area contributed by atoms with Crippen molar-refractivity contribution in [3.05, 3.63) is 24.3 Å². The van der Waals surface area contributed by atoms with Crippen LogP contribution >= 0.6 is 0 Å². The highest BCUT2D eigenvalue weighted by Gasteiger charge is 2.35. The number of piperidine rings is 1. The third kappa shape index (κ3) is 2.25. The molecule has 2 saturated heterocycles. The lowest BCUT2D eigenvalue weighted by molar-refractivity contribution is 0.193. The van der Waals surface area contributed by atoms with E-state index in [0.29, 0.717) is 11.8 Å². The number of nitrogens with zero attached hydrogens (tertiary/aromatic N) is 1.